The molecule has 0 saturated carbocycles. The summed E-state index contributed by atoms with van der Waals surface area (Å²) in [5.41, 5.74) is 8.48. The molecule has 1 atom stereocenters. The summed E-state index contributed by atoms with van der Waals surface area (Å²) in [6, 6.07) is 66.3. The Bertz CT molecular complexity index is 2640. The zero-order valence-corrected chi connectivity index (χ0v) is 35.6. The van der Waals surface area contributed by atoms with E-state index in [1.54, 1.807) is 0 Å². The van der Waals surface area contributed by atoms with Crippen molar-refractivity contribution in [1.29, 1.82) is 0 Å². The fourth-order valence-corrected chi connectivity index (χ4v) is 9.37. The average molecular weight is 842 g/mol. The van der Waals surface area contributed by atoms with Crippen LogP contribution in [0.2, 0.25) is 0 Å². The fourth-order valence-electron chi connectivity index (χ4n) is 8.32. The van der Waals surface area contributed by atoms with Crippen molar-refractivity contribution in [2.75, 3.05) is 0 Å². The molecule has 1 unspecified atom stereocenters. The first-order valence-corrected chi connectivity index (χ1v) is 19.5. The van der Waals surface area contributed by atoms with Crippen molar-refractivity contribution in [3.63, 3.8) is 0 Å². The van der Waals surface area contributed by atoms with Crippen LogP contribution < -0.4 is 35.2 Å². The Balaban J connectivity index is 0.000000275. The van der Waals surface area contributed by atoms with Gasteiger partial charge in [-0.1, -0.05) is 205 Å². The summed E-state index contributed by atoms with van der Waals surface area (Å²) in [6.45, 7) is 2.30. The largest absolute Gasteiger partial charge is 3.00 e. The second-order valence-corrected chi connectivity index (χ2v) is 15.2. The summed E-state index contributed by atoms with van der Waals surface area (Å²) in [5, 5.41) is 13.5. The molecule has 0 nitrogen and oxygen atoms in total. The van der Waals surface area contributed by atoms with Crippen molar-refractivity contribution in [3.05, 3.63) is 204 Å². The first-order chi connectivity index (χ1) is 25.8. The molecular weight excluding hydrogens is 803 g/mol. The van der Waals surface area contributed by atoms with Crippen LogP contribution in [-0.2, 0) is 26.2 Å². The van der Waals surface area contributed by atoms with Crippen LogP contribution in [0.3, 0.4) is 0 Å². The summed E-state index contributed by atoms with van der Waals surface area (Å²) < 4.78 is 0. The third-order valence-corrected chi connectivity index (χ3v) is 11.8. The van der Waals surface area contributed by atoms with Gasteiger partial charge in [0.1, 0.15) is 9.52 Å². The van der Waals surface area contributed by atoms with E-state index in [2.05, 4.69) is 195 Å². The first-order valence-electron chi connectivity index (χ1n) is 18.5. The van der Waals surface area contributed by atoms with E-state index in [9.17, 15) is 0 Å². The molecule has 0 heterocycles. The predicted octanol–water partition coefficient (Wildman–Crippen LogP) is 6.36. The molecule has 0 saturated heterocycles. The molecular formula is C51H39Cl2SiZr. The zero-order chi connectivity index (χ0) is 34.9. The third-order valence-electron chi connectivity index (χ3n) is 10.6. The molecule has 0 aromatic heterocycles. The molecule has 4 heteroatoms. The Morgan fingerprint density at radius 2 is 1.05 bits per heavy atom. The van der Waals surface area contributed by atoms with Crippen LogP contribution in [0, 0.1) is 0 Å². The minimum atomic E-state index is 0. The molecule has 265 valence electrons. The summed E-state index contributed by atoms with van der Waals surface area (Å²) >= 11 is 0. The van der Waals surface area contributed by atoms with Gasteiger partial charge in [-0.05, 0) is 56.3 Å². The van der Waals surface area contributed by atoms with Crippen molar-refractivity contribution in [1.82, 2.24) is 0 Å². The second kappa shape index (κ2) is 18.0. The molecule has 9 aromatic rings. The maximum Gasteiger partial charge on any atom is 3.00 e. The van der Waals surface area contributed by atoms with Crippen molar-refractivity contribution in [2.45, 2.75) is 25.7 Å². The smallest absolute Gasteiger partial charge is 1.00 e. The molecule has 3 radical (unpaired) electrons. The van der Waals surface area contributed by atoms with Gasteiger partial charge >= 0.3 is 26.2 Å². The molecule has 9 aromatic carbocycles. The van der Waals surface area contributed by atoms with Crippen molar-refractivity contribution in [3.8, 4) is 11.1 Å². The molecule has 0 fully saturated rings. The standard InChI is InChI=1S/C39H29.C12H10Si.2ClH.Zr/c1-2-11-28-24-37-34(38(28)33-19-9-18-32-29-15-6-3-14-27(29)23-36(32)33)20-10-21-35(37)39-30-16-7-4-12-25(30)22-26-13-5-8-17-31(26)39;1-3-7-11(8-4-1)13-12-9-5-2-6-10-12;;;/h3-10,12-24,38H,2,11H2,1H3;1-10H;2*1H;/q-1;;;;+3/p-2. The molecule has 1 aliphatic rings. The number of allylic oxidation sites excluding steroid dienone is 1. The van der Waals surface area contributed by atoms with Crippen LogP contribution in [0.25, 0.3) is 60.3 Å². The van der Waals surface area contributed by atoms with Crippen LogP contribution in [0.1, 0.15) is 42.4 Å². The van der Waals surface area contributed by atoms with E-state index in [0.717, 1.165) is 22.4 Å². The number of benzene rings is 8. The summed E-state index contributed by atoms with van der Waals surface area (Å²) in [4.78, 5) is 0. The summed E-state index contributed by atoms with van der Waals surface area (Å²) in [6.07, 6.45) is 4.77. The van der Waals surface area contributed by atoms with E-state index >= 15 is 0 Å². The Morgan fingerprint density at radius 3 is 1.69 bits per heavy atom. The quantitative estimate of drug-likeness (QED) is 0.104. The van der Waals surface area contributed by atoms with Gasteiger partial charge in [0, 0.05) is 5.92 Å². The minimum absolute atomic E-state index is 0. The van der Waals surface area contributed by atoms with E-state index in [0.29, 0.717) is 0 Å². The fraction of sp³-hybridized carbons (Fsp3) is 0.0784. The molecule has 0 amide bonds. The minimum Gasteiger partial charge on any atom is -1.00 e. The Morgan fingerprint density at radius 1 is 0.527 bits per heavy atom. The topological polar surface area (TPSA) is 0 Å². The summed E-state index contributed by atoms with van der Waals surface area (Å²) in [5.74, 6) is 0.279. The van der Waals surface area contributed by atoms with Crippen molar-refractivity contribution in [2.24, 2.45) is 0 Å². The van der Waals surface area contributed by atoms with Gasteiger partial charge in [0.05, 0.1) is 0 Å². The van der Waals surface area contributed by atoms with Crippen LogP contribution in [-0.4, -0.2) is 9.52 Å². The molecule has 1 aliphatic carbocycles. The molecule has 0 aliphatic heterocycles. The Kier molecular flexibility index (Phi) is 13.2. The van der Waals surface area contributed by atoms with Gasteiger partial charge < -0.3 is 24.8 Å². The van der Waals surface area contributed by atoms with Gasteiger partial charge in [-0.25, -0.2) is 0 Å². The number of rotatable bonds is 6. The molecule has 0 N–H and O–H groups in total. The zero-order valence-electron chi connectivity index (χ0n) is 30.6. The molecule has 0 bridgehead atoms. The second-order valence-electron chi connectivity index (χ2n) is 13.8. The van der Waals surface area contributed by atoms with Crippen LogP contribution in [0.15, 0.2) is 188 Å². The molecule has 10 rings (SSSR count). The van der Waals surface area contributed by atoms with E-state index in [-0.39, 0.29) is 56.9 Å². The third kappa shape index (κ3) is 7.85. The number of fused-ring (bicyclic) bond motifs is 6. The van der Waals surface area contributed by atoms with E-state index < -0.39 is 0 Å². The van der Waals surface area contributed by atoms with E-state index in [4.69, 9.17) is 0 Å². The Hall–Kier alpha value is -4.43. The monoisotopic (exact) mass is 839 g/mol. The molecule has 0 spiro atoms. The van der Waals surface area contributed by atoms with Crippen molar-refractivity contribution < 1.29 is 51.0 Å². The van der Waals surface area contributed by atoms with Crippen LogP contribution in [0.5, 0.6) is 0 Å². The van der Waals surface area contributed by atoms with Crippen LogP contribution >= 0.6 is 0 Å². The van der Waals surface area contributed by atoms with Gasteiger partial charge in [0.2, 0.25) is 0 Å². The first kappa shape index (κ1) is 40.2. The SMILES string of the molecule is CCCC1=Cc2c(-c3c4ccccc4cc4ccccc34)cccc2C1c1cccc2c1[cH-]c1ccccc12.[Cl-].[Cl-].[Zr+3].c1ccc([Si]c2ccccc2)cc1. The number of hydrogen-bond donors (Lipinski definition) is 0. The average Bonchev–Trinajstić information content (AvgIpc) is 3.77. The van der Waals surface area contributed by atoms with Gasteiger partial charge in [-0.15, -0.1) is 33.7 Å². The van der Waals surface area contributed by atoms with Gasteiger partial charge in [0.25, 0.3) is 0 Å². The van der Waals surface area contributed by atoms with Gasteiger partial charge in [0.15, 0.2) is 0 Å². The van der Waals surface area contributed by atoms with E-state index in [1.165, 1.54) is 86.9 Å². The Labute approximate surface area is 358 Å². The normalized spacial score (nSPS) is 12.9. The van der Waals surface area contributed by atoms with Gasteiger partial charge in [-0.3, -0.25) is 0 Å². The number of halogens is 2. The number of hydrogen-bond acceptors (Lipinski definition) is 0. The van der Waals surface area contributed by atoms with Crippen LogP contribution in [0.4, 0.5) is 0 Å². The maximum atomic E-state index is 2.52. The van der Waals surface area contributed by atoms with Gasteiger partial charge in [-0.2, -0.15) is 0 Å². The van der Waals surface area contributed by atoms with Crippen molar-refractivity contribution >= 4 is 69.1 Å². The predicted molar refractivity (Wildman–Crippen MR) is 227 cm³/mol. The van der Waals surface area contributed by atoms with E-state index in [1.807, 2.05) is 0 Å². The summed E-state index contributed by atoms with van der Waals surface area (Å²) in [7, 11) is 0.777. The maximum absolute atomic E-state index is 2.52. The molecule has 55 heavy (non-hydrogen) atoms.